The summed E-state index contributed by atoms with van der Waals surface area (Å²) in [6, 6.07) is 8.61. The maximum Gasteiger partial charge on any atom is 0.251 e. The molecule has 0 fully saturated rings. The Morgan fingerprint density at radius 3 is 2.79 bits per heavy atom. The van der Waals surface area contributed by atoms with Crippen molar-refractivity contribution in [3.8, 4) is 11.5 Å². The molecule has 2 aromatic carbocycles. The smallest absolute Gasteiger partial charge is 0.251 e. The van der Waals surface area contributed by atoms with Crippen molar-refractivity contribution in [1.82, 2.24) is 5.32 Å². The first-order chi connectivity index (χ1) is 9.17. The molecule has 0 saturated heterocycles. The Kier molecular flexibility index (Phi) is 3.90. The second kappa shape index (κ2) is 5.61. The van der Waals surface area contributed by atoms with Gasteiger partial charge in [0, 0.05) is 22.9 Å². The van der Waals surface area contributed by atoms with E-state index in [4.69, 9.17) is 4.74 Å². The van der Waals surface area contributed by atoms with Crippen LogP contribution in [-0.2, 0) is 0 Å². The highest BCUT2D eigenvalue weighted by Gasteiger charge is 2.11. The summed E-state index contributed by atoms with van der Waals surface area (Å²) in [7, 11) is 1.57. The maximum absolute atomic E-state index is 11.9. The van der Waals surface area contributed by atoms with Crippen molar-refractivity contribution in [3.63, 3.8) is 0 Å². The van der Waals surface area contributed by atoms with Gasteiger partial charge in [-0.1, -0.05) is 19.1 Å². The van der Waals surface area contributed by atoms with Gasteiger partial charge in [-0.3, -0.25) is 4.79 Å². The van der Waals surface area contributed by atoms with E-state index in [2.05, 4.69) is 5.32 Å². The number of phenols is 1. The lowest BCUT2D eigenvalue weighted by atomic mass is 10.0. The number of methoxy groups -OCH3 is 1. The average Bonchev–Trinajstić information content (AvgIpc) is 2.44. The molecule has 4 heteroatoms. The van der Waals surface area contributed by atoms with Crippen LogP contribution in [0.25, 0.3) is 10.8 Å². The Morgan fingerprint density at radius 2 is 2.11 bits per heavy atom. The number of aromatic hydroxyl groups is 1. The number of nitrogens with one attached hydrogen (secondary N) is 1. The zero-order valence-electron chi connectivity index (χ0n) is 11.1. The van der Waals surface area contributed by atoms with E-state index in [0.717, 1.165) is 11.8 Å². The number of hydrogen-bond acceptors (Lipinski definition) is 3. The number of fused-ring (bicyclic) bond motifs is 1. The quantitative estimate of drug-likeness (QED) is 0.887. The summed E-state index contributed by atoms with van der Waals surface area (Å²) >= 11 is 0. The second-order valence-electron chi connectivity index (χ2n) is 4.31. The molecule has 0 unspecified atom stereocenters. The predicted octanol–water partition coefficient (Wildman–Crippen LogP) is 2.69. The molecule has 4 nitrogen and oxygen atoms in total. The van der Waals surface area contributed by atoms with Crippen LogP contribution in [0.15, 0.2) is 30.3 Å². The van der Waals surface area contributed by atoms with Crippen LogP contribution in [0.4, 0.5) is 0 Å². The van der Waals surface area contributed by atoms with Gasteiger partial charge in [0.05, 0.1) is 7.11 Å². The van der Waals surface area contributed by atoms with Gasteiger partial charge in [0.1, 0.15) is 11.5 Å². The van der Waals surface area contributed by atoms with Gasteiger partial charge in [0.2, 0.25) is 0 Å². The van der Waals surface area contributed by atoms with Crippen LogP contribution in [0.2, 0.25) is 0 Å². The highest BCUT2D eigenvalue weighted by Crippen LogP contribution is 2.32. The third kappa shape index (κ3) is 2.62. The first-order valence-corrected chi connectivity index (χ1v) is 6.25. The van der Waals surface area contributed by atoms with E-state index in [1.54, 1.807) is 31.4 Å². The zero-order valence-corrected chi connectivity index (χ0v) is 11.1. The summed E-state index contributed by atoms with van der Waals surface area (Å²) in [6.45, 7) is 2.60. The molecule has 0 bridgehead atoms. The van der Waals surface area contributed by atoms with E-state index >= 15 is 0 Å². The summed E-state index contributed by atoms with van der Waals surface area (Å²) in [5, 5.41) is 14.2. The number of ether oxygens (including phenoxy) is 1. The lowest BCUT2D eigenvalue weighted by molar-refractivity contribution is 0.0953. The van der Waals surface area contributed by atoms with Crippen LogP contribution < -0.4 is 10.1 Å². The molecular weight excluding hydrogens is 242 g/mol. The summed E-state index contributed by atoms with van der Waals surface area (Å²) in [5.74, 6) is 0.529. The molecule has 0 spiro atoms. The van der Waals surface area contributed by atoms with E-state index in [-0.39, 0.29) is 11.7 Å². The topological polar surface area (TPSA) is 58.6 Å². The Hall–Kier alpha value is -2.23. The first-order valence-electron chi connectivity index (χ1n) is 6.25. The lowest BCUT2D eigenvalue weighted by Gasteiger charge is -2.10. The molecule has 1 amide bonds. The van der Waals surface area contributed by atoms with Crippen LogP contribution in [-0.4, -0.2) is 24.7 Å². The number of carbonyl (C=O) groups excluding carboxylic acids is 1. The average molecular weight is 259 g/mol. The van der Waals surface area contributed by atoms with Gasteiger partial charge in [0.25, 0.3) is 5.91 Å². The molecule has 0 aliphatic carbocycles. The Balaban J connectivity index is 2.50. The lowest BCUT2D eigenvalue weighted by Crippen LogP contribution is -2.23. The minimum absolute atomic E-state index is 0.0815. The van der Waals surface area contributed by atoms with Crippen LogP contribution >= 0.6 is 0 Å². The van der Waals surface area contributed by atoms with Crippen molar-refractivity contribution in [2.24, 2.45) is 0 Å². The van der Waals surface area contributed by atoms with Crippen molar-refractivity contribution >= 4 is 16.7 Å². The van der Waals surface area contributed by atoms with Crippen molar-refractivity contribution in [1.29, 1.82) is 0 Å². The van der Waals surface area contributed by atoms with Gasteiger partial charge >= 0.3 is 0 Å². The van der Waals surface area contributed by atoms with Crippen molar-refractivity contribution in [2.75, 3.05) is 13.7 Å². The third-order valence-corrected chi connectivity index (χ3v) is 2.95. The largest absolute Gasteiger partial charge is 0.507 e. The molecule has 0 atom stereocenters. The van der Waals surface area contributed by atoms with Crippen molar-refractivity contribution < 1.29 is 14.6 Å². The normalized spacial score (nSPS) is 10.4. The van der Waals surface area contributed by atoms with Gasteiger partial charge in [-0.2, -0.15) is 0 Å². The van der Waals surface area contributed by atoms with E-state index in [1.807, 2.05) is 6.92 Å². The fourth-order valence-electron chi connectivity index (χ4n) is 1.99. The minimum Gasteiger partial charge on any atom is -0.507 e. The molecule has 100 valence electrons. The van der Waals surface area contributed by atoms with Gasteiger partial charge in [-0.05, 0) is 24.6 Å². The predicted molar refractivity (Wildman–Crippen MR) is 74.8 cm³/mol. The maximum atomic E-state index is 11.9. The van der Waals surface area contributed by atoms with Crippen LogP contribution in [0.1, 0.15) is 23.7 Å². The second-order valence-corrected chi connectivity index (χ2v) is 4.31. The van der Waals surface area contributed by atoms with Crippen LogP contribution in [0.5, 0.6) is 11.5 Å². The summed E-state index contributed by atoms with van der Waals surface area (Å²) in [5.41, 5.74) is 0.433. The fraction of sp³-hybridized carbons (Fsp3) is 0.267. The fourth-order valence-corrected chi connectivity index (χ4v) is 1.99. The highest BCUT2D eigenvalue weighted by atomic mass is 16.5. The minimum atomic E-state index is -0.190. The standard InChI is InChI=1S/C15H17NO3/c1-3-7-16-15(18)10-8-12-11(13(17)9-10)5-4-6-14(12)19-2/h4-6,8-9,17H,3,7H2,1-2H3,(H,16,18). The van der Waals surface area contributed by atoms with Crippen molar-refractivity contribution in [2.45, 2.75) is 13.3 Å². The molecular formula is C15H17NO3. The molecule has 0 radical (unpaired) electrons. The number of phenolic OH excluding ortho intramolecular Hbond substituents is 1. The molecule has 2 N–H and O–H groups in total. The van der Waals surface area contributed by atoms with Crippen LogP contribution in [0, 0.1) is 0 Å². The van der Waals surface area contributed by atoms with E-state index in [0.29, 0.717) is 23.2 Å². The molecule has 0 aromatic heterocycles. The van der Waals surface area contributed by atoms with E-state index < -0.39 is 0 Å². The highest BCUT2D eigenvalue weighted by molar-refractivity contribution is 6.02. The molecule has 0 saturated carbocycles. The Labute approximate surface area is 112 Å². The monoisotopic (exact) mass is 259 g/mol. The number of rotatable bonds is 4. The van der Waals surface area contributed by atoms with Crippen LogP contribution in [0.3, 0.4) is 0 Å². The Morgan fingerprint density at radius 1 is 1.32 bits per heavy atom. The molecule has 2 rings (SSSR count). The summed E-state index contributed by atoms with van der Waals surface area (Å²) < 4.78 is 5.26. The molecule has 0 aliphatic rings. The molecule has 19 heavy (non-hydrogen) atoms. The van der Waals surface area contributed by atoms with E-state index in [9.17, 15) is 9.90 Å². The number of hydrogen-bond donors (Lipinski definition) is 2. The summed E-state index contributed by atoms with van der Waals surface area (Å²) in [4.78, 5) is 11.9. The van der Waals surface area contributed by atoms with Gasteiger partial charge in [-0.15, -0.1) is 0 Å². The molecule has 2 aromatic rings. The Bertz CT molecular complexity index is 608. The number of benzene rings is 2. The zero-order chi connectivity index (χ0) is 13.8. The van der Waals surface area contributed by atoms with Gasteiger partial charge in [0.15, 0.2) is 0 Å². The summed E-state index contributed by atoms with van der Waals surface area (Å²) in [6.07, 6.45) is 0.870. The number of carbonyl (C=O) groups is 1. The first kappa shape index (κ1) is 13.2. The third-order valence-electron chi connectivity index (χ3n) is 2.95. The van der Waals surface area contributed by atoms with E-state index in [1.165, 1.54) is 6.07 Å². The number of amides is 1. The molecule has 0 heterocycles. The molecule has 0 aliphatic heterocycles. The SMILES string of the molecule is CCCNC(=O)c1cc(O)c2cccc(OC)c2c1. The van der Waals surface area contributed by atoms with Gasteiger partial charge < -0.3 is 15.2 Å². The van der Waals surface area contributed by atoms with Crippen molar-refractivity contribution in [3.05, 3.63) is 35.9 Å². The van der Waals surface area contributed by atoms with Gasteiger partial charge in [-0.25, -0.2) is 0 Å².